The molecule has 0 radical (unpaired) electrons. The first-order valence-corrected chi connectivity index (χ1v) is 8.61. The zero-order valence-corrected chi connectivity index (χ0v) is 15.3. The largest absolute Gasteiger partial charge is 0.349 e. The number of hydrogen-bond acceptors (Lipinski definition) is 3. The van der Waals surface area contributed by atoms with Crippen molar-refractivity contribution >= 4 is 11.8 Å². The minimum absolute atomic E-state index is 0.130. The van der Waals surface area contributed by atoms with Crippen molar-refractivity contribution in [2.24, 2.45) is 5.92 Å². The Balaban J connectivity index is 2.08. The number of halogens is 1. The molecule has 0 spiro atoms. The van der Waals surface area contributed by atoms with E-state index in [1.165, 1.54) is 17.0 Å². The van der Waals surface area contributed by atoms with Crippen LogP contribution >= 0.6 is 0 Å². The van der Waals surface area contributed by atoms with Crippen molar-refractivity contribution < 1.29 is 14.0 Å². The number of benzene rings is 1. The number of rotatable bonds is 7. The fraction of sp³-hybridized carbons (Fsp3) is 0.350. The quantitative estimate of drug-likeness (QED) is 0.829. The molecular formula is C20H24FN3O2. The molecule has 1 N–H and O–H groups in total. The van der Waals surface area contributed by atoms with Crippen LogP contribution in [0.5, 0.6) is 0 Å². The standard InChI is InChI=1S/C20H24FN3O2/c1-14(2)20(26)24(13-16-7-9-17(21)10-8-16)15(3)19(25)23-12-18-6-4-5-11-22-18/h4-11,14-15H,12-13H2,1-3H3,(H,23,25). The molecule has 138 valence electrons. The van der Waals surface area contributed by atoms with Gasteiger partial charge in [-0.3, -0.25) is 14.6 Å². The van der Waals surface area contributed by atoms with Gasteiger partial charge in [0.25, 0.3) is 0 Å². The normalized spacial score (nSPS) is 11.9. The van der Waals surface area contributed by atoms with Crippen molar-refractivity contribution in [3.63, 3.8) is 0 Å². The summed E-state index contributed by atoms with van der Waals surface area (Å²) in [5, 5.41) is 2.81. The molecule has 0 aliphatic carbocycles. The minimum atomic E-state index is -0.654. The second-order valence-electron chi connectivity index (χ2n) is 6.46. The Morgan fingerprint density at radius 1 is 1.12 bits per heavy atom. The van der Waals surface area contributed by atoms with Crippen LogP contribution in [-0.2, 0) is 22.7 Å². The number of nitrogens with one attached hydrogen (secondary N) is 1. The zero-order chi connectivity index (χ0) is 19.1. The summed E-state index contributed by atoms with van der Waals surface area (Å²) in [6.07, 6.45) is 1.66. The molecule has 0 fully saturated rings. The van der Waals surface area contributed by atoms with Gasteiger partial charge in [-0.2, -0.15) is 0 Å². The lowest BCUT2D eigenvalue weighted by Gasteiger charge is -2.30. The highest BCUT2D eigenvalue weighted by atomic mass is 19.1. The zero-order valence-electron chi connectivity index (χ0n) is 15.3. The average Bonchev–Trinajstić information content (AvgIpc) is 2.65. The average molecular weight is 357 g/mol. The van der Waals surface area contributed by atoms with E-state index in [1.807, 2.05) is 12.1 Å². The molecule has 26 heavy (non-hydrogen) atoms. The molecule has 2 aromatic rings. The van der Waals surface area contributed by atoms with Crippen molar-refractivity contribution in [2.75, 3.05) is 0 Å². The van der Waals surface area contributed by atoms with Crippen LogP contribution in [0.1, 0.15) is 32.0 Å². The molecule has 2 rings (SSSR count). The third-order valence-electron chi connectivity index (χ3n) is 4.06. The lowest BCUT2D eigenvalue weighted by Crippen LogP contribution is -2.48. The smallest absolute Gasteiger partial charge is 0.242 e. The summed E-state index contributed by atoms with van der Waals surface area (Å²) in [5.74, 6) is -0.972. The van der Waals surface area contributed by atoms with Crippen LogP contribution in [0.15, 0.2) is 48.7 Å². The van der Waals surface area contributed by atoms with E-state index in [-0.39, 0.29) is 30.1 Å². The van der Waals surface area contributed by atoms with Crippen LogP contribution in [-0.4, -0.2) is 27.7 Å². The predicted octanol–water partition coefficient (Wildman–Crippen LogP) is 2.91. The highest BCUT2D eigenvalue weighted by Crippen LogP contribution is 2.14. The van der Waals surface area contributed by atoms with Gasteiger partial charge in [0.15, 0.2) is 0 Å². The Labute approximate surface area is 153 Å². The summed E-state index contributed by atoms with van der Waals surface area (Å²) >= 11 is 0. The van der Waals surface area contributed by atoms with Gasteiger partial charge in [0, 0.05) is 18.7 Å². The predicted molar refractivity (Wildman–Crippen MR) is 97.3 cm³/mol. The molecule has 5 nitrogen and oxygen atoms in total. The maximum Gasteiger partial charge on any atom is 0.242 e. The molecule has 1 unspecified atom stereocenters. The number of nitrogens with zero attached hydrogens (tertiary/aromatic N) is 2. The van der Waals surface area contributed by atoms with Crippen molar-refractivity contribution in [1.82, 2.24) is 15.2 Å². The van der Waals surface area contributed by atoms with Gasteiger partial charge in [-0.25, -0.2) is 4.39 Å². The molecular weight excluding hydrogens is 333 g/mol. The highest BCUT2D eigenvalue weighted by Gasteiger charge is 2.27. The van der Waals surface area contributed by atoms with Gasteiger partial charge in [0.05, 0.1) is 12.2 Å². The molecule has 1 heterocycles. The molecule has 0 saturated heterocycles. The lowest BCUT2D eigenvalue weighted by atomic mass is 10.1. The van der Waals surface area contributed by atoms with Gasteiger partial charge in [-0.05, 0) is 36.8 Å². The molecule has 0 bridgehead atoms. The van der Waals surface area contributed by atoms with Crippen molar-refractivity contribution in [1.29, 1.82) is 0 Å². The Hall–Kier alpha value is -2.76. The van der Waals surface area contributed by atoms with E-state index in [2.05, 4.69) is 10.3 Å². The van der Waals surface area contributed by atoms with Crippen LogP contribution in [0.4, 0.5) is 4.39 Å². The third kappa shape index (κ3) is 5.37. The van der Waals surface area contributed by atoms with Crippen molar-refractivity contribution in [2.45, 2.75) is 39.9 Å². The van der Waals surface area contributed by atoms with E-state index in [1.54, 1.807) is 45.2 Å². The van der Waals surface area contributed by atoms with Crippen molar-refractivity contribution in [3.8, 4) is 0 Å². The van der Waals surface area contributed by atoms with Gasteiger partial charge in [-0.1, -0.05) is 32.0 Å². The fourth-order valence-electron chi connectivity index (χ4n) is 2.49. The summed E-state index contributed by atoms with van der Waals surface area (Å²) in [5.41, 5.74) is 1.51. The van der Waals surface area contributed by atoms with E-state index in [0.29, 0.717) is 6.54 Å². The number of carbonyl (C=O) groups is 2. The topological polar surface area (TPSA) is 62.3 Å². The first-order valence-electron chi connectivity index (χ1n) is 8.61. The molecule has 1 aromatic carbocycles. The fourth-order valence-corrected chi connectivity index (χ4v) is 2.49. The van der Waals surface area contributed by atoms with E-state index in [0.717, 1.165) is 11.3 Å². The van der Waals surface area contributed by atoms with E-state index in [4.69, 9.17) is 0 Å². The van der Waals surface area contributed by atoms with Gasteiger partial charge < -0.3 is 10.2 Å². The Morgan fingerprint density at radius 2 is 1.81 bits per heavy atom. The second kappa shape index (κ2) is 9.08. The van der Waals surface area contributed by atoms with Gasteiger partial charge in [0.2, 0.25) is 11.8 Å². The molecule has 1 aromatic heterocycles. The van der Waals surface area contributed by atoms with Crippen LogP contribution < -0.4 is 5.32 Å². The highest BCUT2D eigenvalue weighted by molar-refractivity contribution is 5.88. The van der Waals surface area contributed by atoms with Crippen LogP contribution in [0, 0.1) is 11.7 Å². The van der Waals surface area contributed by atoms with E-state index >= 15 is 0 Å². The summed E-state index contributed by atoms with van der Waals surface area (Å²) in [4.78, 5) is 30.8. The maximum absolute atomic E-state index is 13.1. The molecule has 0 saturated carbocycles. The number of aromatic nitrogens is 1. The first kappa shape index (κ1) is 19.6. The SMILES string of the molecule is CC(C)C(=O)N(Cc1ccc(F)cc1)C(C)C(=O)NCc1ccccn1. The number of amides is 2. The van der Waals surface area contributed by atoms with E-state index in [9.17, 15) is 14.0 Å². The van der Waals surface area contributed by atoms with Crippen LogP contribution in [0.25, 0.3) is 0 Å². The monoisotopic (exact) mass is 357 g/mol. The molecule has 1 atom stereocenters. The Kier molecular flexibility index (Phi) is 6.83. The number of carbonyl (C=O) groups excluding carboxylic acids is 2. The third-order valence-corrected chi connectivity index (χ3v) is 4.06. The lowest BCUT2D eigenvalue weighted by molar-refractivity contribution is -0.143. The second-order valence-corrected chi connectivity index (χ2v) is 6.46. The van der Waals surface area contributed by atoms with Gasteiger partial charge in [0.1, 0.15) is 11.9 Å². The Bertz CT molecular complexity index is 732. The molecule has 6 heteroatoms. The van der Waals surface area contributed by atoms with E-state index < -0.39 is 6.04 Å². The van der Waals surface area contributed by atoms with Crippen molar-refractivity contribution in [3.05, 3.63) is 65.7 Å². The molecule has 0 aliphatic heterocycles. The molecule has 2 amide bonds. The minimum Gasteiger partial charge on any atom is -0.349 e. The number of pyridine rings is 1. The summed E-state index contributed by atoms with van der Waals surface area (Å²) in [6, 6.07) is 10.8. The van der Waals surface area contributed by atoms with Gasteiger partial charge in [-0.15, -0.1) is 0 Å². The first-order chi connectivity index (χ1) is 12.4. The number of hydrogen-bond donors (Lipinski definition) is 1. The summed E-state index contributed by atoms with van der Waals surface area (Å²) in [6.45, 7) is 5.81. The van der Waals surface area contributed by atoms with Gasteiger partial charge >= 0.3 is 0 Å². The Morgan fingerprint density at radius 3 is 2.38 bits per heavy atom. The summed E-state index contributed by atoms with van der Waals surface area (Å²) in [7, 11) is 0. The maximum atomic E-state index is 13.1. The van der Waals surface area contributed by atoms with Crippen LogP contribution in [0.2, 0.25) is 0 Å². The van der Waals surface area contributed by atoms with Crippen LogP contribution in [0.3, 0.4) is 0 Å². The summed E-state index contributed by atoms with van der Waals surface area (Å²) < 4.78 is 13.1. The molecule has 0 aliphatic rings.